The Bertz CT molecular complexity index is 630. The van der Waals surface area contributed by atoms with Gasteiger partial charge < -0.3 is 19.4 Å². The van der Waals surface area contributed by atoms with Crippen molar-refractivity contribution in [1.29, 1.82) is 0 Å². The lowest BCUT2D eigenvalue weighted by Gasteiger charge is -2.20. The smallest absolute Gasteiger partial charge is 0.328 e. The van der Waals surface area contributed by atoms with Gasteiger partial charge in [0.25, 0.3) is 0 Å². The van der Waals surface area contributed by atoms with E-state index in [9.17, 15) is 9.59 Å². The summed E-state index contributed by atoms with van der Waals surface area (Å²) in [6, 6.07) is 1.69. The fourth-order valence-electron chi connectivity index (χ4n) is 1.55. The molecule has 112 valence electrons. The van der Waals surface area contributed by atoms with Crippen LogP contribution in [-0.2, 0) is 16.0 Å². The lowest BCUT2D eigenvalue weighted by Crippen LogP contribution is -2.49. The summed E-state index contributed by atoms with van der Waals surface area (Å²) in [6.45, 7) is 2.83. The molecule has 8 nitrogen and oxygen atoms in total. The minimum absolute atomic E-state index is 0.0593. The number of aliphatic carboxylic acids is 1. The highest BCUT2D eigenvalue weighted by Gasteiger charge is 2.28. The molecule has 2 N–H and O–H groups in total. The van der Waals surface area contributed by atoms with Crippen LogP contribution < -0.4 is 5.32 Å². The van der Waals surface area contributed by atoms with Crippen molar-refractivity contribution in [1.82, 2.24) is 15.5 Å². The number of hydrogen-bond donors (Lipinski definition) is 2. The molecular formula is C13H15N3O5. The highest BCUT2D eigenvalue weighted by molar-refractivity contribution is 5.86. The third-order valence-electron chi connectivity index (χ3n) is 2.80. The molecule has 0 spiro atoms. The molecule has 0 aliphatic rings. The van der Waals surface area contributed by atoms with Crippen molar-refractivity contribution in [2.75, 3.05) is 0 Å². The molecule has 1 amide bonds. The number of carbonyl (C=O) groups excluding carboxylic acids is 1. The molecule has 2 rings (SSSR count). The van der Waals surface area contributed by atoms with Gasteiger partial charge in [0.05, 0.1) is 11.8 Å². The van der Waals surface area contributed by atoms with Gasteiger partial charge in [-0.2, -0.15) is 4.98 Å². The molecule has 2 aromatic rings. The molecule has 0 bridgehead atoms. The number of carboxylic acid groups (broad SMARTS) is 1. The summed E-state index contributed by atoms with van der Waals surface area (Å²) >= 11 is 0. The van der Waals surface area contributed by atoms with Gasteiger partial charge >= 0.3 is 5.97 Å². The maximum Gasteiger partial charge on any atom is 0.328 e. The number of carboxylic acids is 1. The number of furan rings is 1. The maximum absolute atomic E-state index is 11.7. The Balaban J connectivity index is 1.89. The standard InChI is InChI=1S/C13H15N3O5/c1-13(2,12(18)19)15-9(17)3-4-10-14-11(16-21-10)8-5-6-20-7-8/h5-7H,3-4H2,1-2H3,(H,15,17)(H,18,19). The molecule has 0 radical (unpaired) electrons. The first-order valence-corrected chi connectivity index (χ1v) is 6.28. The summed E-state index contributed by atoms with van der Waals surface area (Å²) in [7, 11) is 0. The van der Waals surface area contributed by atoms with E-state index in [1.165, 1.54) is 26.4 Å². The van der Waals surface area contributed by atoms with Crippen LogP contribution in [-0.4, -0.2) is 32.7 Å². The van der Waals surface area contributed by atoms with Crippen molar-refractivity contribution < 1.29 is 23.6 Å². The van der Waals surface area contributed by atoms with E-state index < -0.39 is 17.4 Å². The fraction of sp³-hybridized carbons (Fsp3) is 0.385. The second-order valence-corrected chi connectivity index (χ2v) is 5.00. The van der Waals surface area contributed by atoms with E-state index in [0.717, 1.165) is 0 Å². The molecule has 0 aromatic carbocycles. The van der Waals surface area contributed by atoms with Crippen molar-refractivity contribution in [3.63, 3.8) is 0 Å². The largest absolute Gasteiger partial charge is 0.480 e. The minimum atomic E-state index is -1.31. The van der Waals surface area contributed by atoms with Gasteiger partial charge in [0, 0.05) is 12.8 Å². The molecule has 0 atom stereocenters. The Kier molecular flexibility index (Phi) is 4.06. The first-order valence-electron chi connectivity index (χ1n) is 6.28. The number of rotatable bonds is 6. The topological polar surface area (TPSA) is 118 Å². The van der Waals surface area contributed by atoms with Gasteiger partial charge in [-0.05, 0) is 19.9 Å². The number of carbonyl (C=O) groups is 2. The number of amides is 1. The molecule has 21 heavy (non-hydrogen) atoms. The monoisotopic (exact) mass is 293 g/mol. The summed E-state index contributed by atoms with van der Waals surface area (Å²) in [5, 5.41) is 15.1. The van der Waals surface area contributed by atoms with Crippen LogP contribution in [0.5, 0.6) is 0 Å². The van der Waals surface area contributed by atoms with Gasteiger partial charge in [0.2, 0.25) is 17.6 Å². The lowest BCUT2D eigenvalue weighted by molar-refractivity contribution is -0.146. The predicted octanol–water partition coefficient (Wildman–Crippen LogP) is 1.24. The quantitative estimate of drug-likeness (QED) is 0.822. The van der Waals surface area contributed by atoms with Gasteiger partial charge in [0.1, 0.15) is 11.8 Å². The van der Waals surface area contributed by atoms with Crippen molar-refractivity contribution >= 4 is 11.9 Å². The average Bonchev–Trinajstić information content (AvgIpc) is 3.06. The summed E-state index contributed by atoms with van der Waals surface area (Å²) in [6.07, 6.45) is 3.26. The lowest BCUT2D eigenvalue weighted by atomic mass is 10.1. The molecular weight excluding hydrogens is 278 g/mol. The molecule has 2 aromatic heterocycles. The second-order valence-electron chi connectivity index (χ2n) is 5.00. The van der Waals surface area contributed by atoms with E-state index in [4.69, 9.17) is 14.0 Å². The SMILES string of the molecule is CC(C)(NC(=O)CCc1nc(-c2ccoc2)no1)C(=O)O. The van der Waals surface area contributed by atoms with Crippen LogP contribution in [0.2, 0.25) is 0 Å². The Hall–Kier alpha value is -2.64. The van der Waals surface area contributed by atoms with E-state index >= 15 is 0 Å². The third-order valence-corrected chi connectivity index (χ3v) is 2.80. The van der Waals surface area contributed by atoms with Crippen molar-refractivity contribution in [3.05, 3.63) is 24.5 Å². The van der Waals surface area contributed by atoms with Crippen molar-refractivity contribution in [2.45, 2.75) is 32.2 Å². The zero-order valence-corrected chi connectivity index (χ0v) is 11.6. The molecule has 0 unspecified atom stereocenters. The number of hydrogen-bond acceptors (Lipinski definition) is 6. The summed E-state index contributed by atoms with van der Waals surface area (Å²) in [4.78, 5) is 26.7. The Morgan fingerprint density at radius 1 is 1.43 bits per heavy atom. The second kappa shape index (κ2) is 5.78. The predicted molar refractivity (Wildman–Crippen MR) is 70.2 cm³/mol. The first-order chi connectivity index (χ1) is 9.88. The maximum atomic E-state index is 11.7. The van der Waals surface area contributed by atoms with Crippen LogP contribution in [0.3, 0.4) is 0 Å². The number of aromatic nitrogens is 2. The molecule has 0 aliphatic heterocycles. The van der Waals surface area contributed by atoms with E-state index in [0.29, 0.717) is 17.3 Å². The van der Waals surface area contributed by atoms with Gasteiger partial charge in [-0.1, -0.05) is 5.16 Å². The van der Waals surface area contributed by atoms with Crippen LogP contribution in [0.15, 0.2) is 27.5 Å². The molecule has 0 saturated carbocycles. The van der Waals surface area contributed by atoms with Crippen LogP contribution in [0.4, 0.5) is 0 Å². The van der Waals surface area contributed by atoms with E-state index in [-0.39, 0.29) is 12.8 Å². The van der Waals surface area contributed by atoms with Gasteiger partial charge in [-0.25, -0.2) is 4.79 Å². The Morgan fingerprint density at radius 2 is 2.19 bits per heavy atom. The zero-order valence-electron chi connectivity index (χ0n) is 11.6. The Morgan fingerprint density at radius 3 is 2.81 bits per heavy atom. The van der Waals surface area contributed by atoms with Crippen LogP contribution >= 0.6 is 0 Å². The van der Waals surface area contributed by atoms with Crippen LogP contribution in [0, 0.1) is 0 Å². The van der Waals surface area contributed by atoms with Gasteiger partial charge in [-0.3, -0.25) is 4.79 Å². The van der Waals surface area contributed by atoms with Crippen LogP contribution in [0.25, 0.3) is 11.4 Å². The normalized spacial score (nSPS) is 11.3. The minimum Gasteiger partial charge on any atom is -0.480 e. The number of nitrogens with zero attached hydrogens (tertiary/aromatic N) is 2. The van der Waals surface area contributed by atoms with E-state index in [1.807, 2.05) is 0 Å². The summed E-state index contributed by atoms with van der Waals surface area (Å²) < 4.78 is 9.93. The van der Waals surface area contributed by atoms with E-state index in [1.54, 1.807) is 6.07 Å². The first kappa shape index (κ1) is 14.8. The molecule has 0 aliphatic carbocycles. The molecule has 2 heterocycles. The highest BCUT2D eigenvalue weighted by Crippen LogP contribution is 2.16. The summed E-state index contributed by atoms with van der Waals surface area (Å²) in [5.74, 6) is -0.819. The molecule has 0 fully saturated rings. The van der Waals surface area contributed by atoms with Crippen molar-refractivity contribution in [3.8, 4) is 11.4 Å². The average molecular weight is 293 g/mol. The molecule has 8 heteroatoms. The Labute approximate surface area is 120 Å². The van der Waals surface area contributed by atoms with Crippen LogP contribution in [0.1, 0.15) is 26.2 Å². The van der Waals surface area contributed by atoms with Gasteiger partial charge in [0.15, 0.2) is 0 Å². The van der Waals surface area contributed by atoms with Crippen molar-refractivity contribution in [2.24, 2.45) is 0 Å². The fourth-order valence-corrected chi connectivity index (χ4v) is 1.55. The summed E-state index contributed by atoms with van der Waals surface area (Å²) in [5.41, 5.74) is -0.630. The highest BCUT2D eigenvalue weighted by atomic mass is 16.5. The number of nitrogens with one attached hydrogen (secondary N) is 1. The number of aryl methyl sites for hydroxylation is 1. The third kappa shape index (κ3) is 3.68. The van der Waals surface area contributed by atoms with Gasteiger partial charge in [-0.15, -0.1) is 0 Å². The zero-order chi connectivity index (χ0) is 15.5. The molecule has 0 saturated heterocycles. The van der Waals surface area contributed by atoms with E-state index in [2.05, 4.69) is 15.5 Å².